The molecule has 2 aliphatic rings. The number of hydrogen-bond acceptors (Lipinski definition) is 3. The third-order valence-corrected chi connectivity index (χ3v) is 4.91. The Morgan fingerprint density at radius 2 is 2.18 bits per heavy atom. The standard InChI is InChI=1S/C12H23N3OS/c1-17-11-4-2-10(3-5-11)13-6-8-15-9-7-14-12(15)16/h10-11,13H,2-9H2,1H3,(H,14,16). The van der Waals surface area contributed by atoms with Gasteiger partial charge in [-0.1, -0.05) is 0 Å². The number of thioether (sulfide) groups is 1. The monoisotopic (exact) mass is 257 g/mol. The average molecular weight is 257 g/mol. The third kappa shape index (κ3) is 3.78. The molecular weight excluding hydrogens is 234 g/mol. The summed E-state index contributed by atoms with van der Waals surface area (Å²) in [4.78, 5) is 13.2. The molecule has 0 spiro atoms. The number of urea groups is 1. The van der Waals surface area contributed by atoms with Crippen LogP contribution in [0.5, 0.6) is 0 Å². The van der Waals surface area contributed by atoms with Gasteiger partial charge in [-0.15, -0.1) is 0 Å². The van der Waals surface area contributed by atoms with Crippen molar-refractivity contribution in [2.75, 3.05) is 32.4 Å². The van der Waals surface area contributed by atoms with E-state index in [2.05, 4.69) is 16.9 Å². The van der Waals surface area contributed by atoms with Gasteiger partial charge in [0, 0.05) is 37.5 Å². The van der Waals surface area contributed by atoms with Gasteiger partial charge in [0.05, 0.1) is 0 Å². The van der Waals surface area contributed by atoms with Crippen molar-refractivity contribution in [1.82, 2.24) is 15.5 Å². The van der Waals surface area contributed by atoms with Crippen molar-refractivity contribution in [2.45, 2.75) is 37.0 Å². The second-order valence-electron chi connectivity index (χ2n) is 4.88. The zero-order valence-electron chi connectivity index (χ0n) is 10.6. The summed E-state index contributed by atoms with van der Waals surface area (Å²) < 4.78 is 0. The summed E-state index contributed by atoms with van der Waals surface area (Å²) in [5.41, 5.74) is 0. The number of amides is 2. The van der Waals surface area contributed by atoms with Crippen LogP contribution in [0.3, 0.4) is 0 Å². The zero-order chi connectivity index (χ0) is 12.1. The highest BCUT2D eigenvalue weighted by Gasteiger charge is 2.21. The number of hydrogen-bond donors (Lipinski definition) is 2. The maximum atomic E-state index is 11.3. The number of carbonyl (C=O) groups is 1. The van der Waals surface area contributed by atoms with Crippen LogP contribution in [0.1, 0.15) is 25.7 Å². The number of carbonyl (C=O) groups excluding carboxylic acids is 1. The van der Waals surface area contributed by atoms with Crippen LogP contribution < -0.4 is 10.6 Å². The lowest BCUT2D eigenvalue weighted by Crippen LogP contribution is -2.40. The van der Waals surface area contributed by atoms with Crippen molar-refractivity contribution < 1.29 is 4.79 Å². The summed E-state index contributed by atoms with van der Waals surface area (Å²) in [5.74, 6) is 0. The molecule has 0 atom stereocenters. The van der Waals surface area contributed by atoms with Crippen LogP contribution in [0.25, 0.3) is 0 Å². The van der Waals surface area contributed by atoms with Gasteiger partial charge in [0.2, 0.25) is 0 Å². The van der Waals surface area contributed by atoms with Crippen molar-refractivity contribution in [3.63, 3.8) is 0 Å². The molecule has 0 unspecified atom stereocenters. The second-order valence-corrected chi connectivity index (χ2v) is 6.02. The van der Waals surface area contributed by atoms with Crippen LogP contribution in [0.2, 0.25) is 0 Å². The van der Waals surface area contributed by atoms with E-state index in [0.717, 1.165) is 31.4 Å². The molecule has 1 aliphatic heterocycles. The van der Waals surface area contributed by atoms with Gasteiger partial charge in [0.1, 0.15) is 0 Å². The molecule has 2 rings (SSSR count). The Hall–Kier alpha value is -0.420. The van der Waals surface area contributed by atoms with E-state index >= 15 is 0 Å². The first-order valence-electron chi connectivity index (χ1n) is 6.58. The molecule has 2 amide bonds. The smallest absolute Gasteiger partial charge is 0.317 e. The van der Waals surface area contributed by atoms with Crippen molar-refractivity contribution in [2.24, 2.45) is 0 Å². The van der Waals surface area contributed by atoms with Crippen LogP contribution >= 0.6 is 11.8 Å². The molecule has 1 saturated carbocycles. The summed E-state index contributed by atoms with van der Waals surface area (Å²) in [6.45, 7) is 3.44. The average Bonchev–Trinajstić information content (AvgIpc) is 2.76. The maximum absolute atomic E-state index is 11.3. The van der Waals surface area contributed by atoms with Gasteiger partial charge < -0.3 is 15.5 Å². The molecule has 0 aromatic rings. The minimum absolute atomic E-state index is 0.0953. The summed E-state index contributed by atoms with van der Waals surface area (Å²) >= 11 is 2.00. The lowest BCUT2D eigenvalue weighted by molar-refractivity contribution is 0.216. The number of nitrogens with one attached hydrogen (secondary N) is 2. The molecule has 98 valence electrons. The number of rotatable bonds is 5. The van der Waals surface area contributed by atoms with E-state index in [-0.39, 0.29) is 6.03 Å². The highest BCUT2D eigenvalue weighted by atomic mass is 32.2. The molecule has 2 N–H and O–H groups in total. The summed E-state index contributed by atoms with van der Waals surface area (Å²) in [5, 5.41) is 7.28. The highest BCUT2D eigenvalue weighted by Crippen LogP contribution is 2.26. The molecule has 5 heteroatoms. The highest BCUT2D eigenvalue weighted by molar-refractivity contribution is 7.99. The van der Waals surface area contributed by atoms with E-state index in [1.54, 1.807) is 0 Å². The number of nitrogens with zero attached hydrogens (tertiary/aromatic N) is 1. The quantitative estimate of drug-likeness (QED) is 0.780. The minimum Gasteiger partial charge on any atom is -0.336 e. The molecule has 0 radical (unpaired) electrons. The fraction of sp³-hybridized carbons (Fsp3) is 0.917. The van der Waals surface area contributed by atoms with Gasteiger partial charge in [-0.3, -0.25) is 0 Å². The Labute approximate surface area is 108 Å². The molecule has 0 bridgehead atoms. The minimum atomic E-state index is 0.0953. The fourth-order valence-electron chi connectivity index (χ4n) is 2.63. The summed E-state index contributed by atoms with van der Waals surface area (Å²) in [6.07, 6.45) is 7.46. The van der Waals surface area contributed by atoms with Crippen LogP contribution in [-0.4, -0.2) is 54.7 Å². The van der Waals surface area contributed by atoms with Gasteiger partial charge in [0.25, 0.3) is 0 Å². The Morgan fingerprint density at radius 3 is 2.76 bits per heavy atom. The van der Waals surface area contributed by atoms with Gasteiger partial charge in [0.15, 0.2) is 0 Å². The maximum Gasteiger partial charge on any atom is 0.317 e. The first kappa shape index (κ1) is 13.0. The first-order chi connectivity index (χ1) is 8.29. The Kier molecular flexibility index (Phi) is 4.98. The SMILES string of the molecule is CSC1CCC(NCCN2CCNC2=O)CC1. The zero-order valence-corrected chi connectivity index (χ0v) is 11.4. The second kappa shape index (κ2) is 6.50. The van der Waals surface area contributed by atoms with Crippen LogP contribution in [-0.2, 0) is 0 Å². The molecule has 4 nitrogen and oxygen atoms in total. The predicted molar refractivity (Wildman–Crippen MR) is 72.5 cm³/mol. The van der Waals surface area contributed by atoms with E-state index in [1.807, 2.05) is 16.7 Å². The Bertz CT molecular complexity index is 254. The van der Waals surface area contributed by atoms with E-state index in [9.17, 15) is 4.79 Å². The van der Waals surface area contributed by atoms with Crippen molar-refractivity contribution in [1.29, 1.82) is 0 Å². The normalized spacial score (nSPS) is 29.5. The Morgan fingerprint density at radius 1 is 1.41 bits per heavy atom. The molecule has 1 heterocycles. The Balaban J connectivity index is 1.58. The summed E-state index contributed by atoms with van der Waals surface area (Å²) in [7, 11) is 0. The molecular formula is C12H23N3OS. The molecule has 0 aromatic heterocycles. The molecule has 0 aromatic carbocycles. The van der Waals surface area contributed by atoms with Crippen molar-refractivity contribution in [3.05, 3.63) is 0 Å². The molecule has 17 heavy (non-hydrogen) atoms. The van der Waals surface area contributed by atoms with Crippen LogP contribution in [0, 0.1) is 0 Å². The molecule has 2 fully saturated rings. The topological polar surface area (TPSA) is 44.4 Å². The predicted octanol–water partition coefficient (Wildman–Crippen LogP) is 1.28. The molecule has 1 aliphatic carbocycles. The lowest BCUT2D eigenvalue weighted by Gasteiger charge is -2.28. The first-order valence-corrected chi connectivity index (χ1v) is 7.87. The lowest BCUT2D eigenvalue weighted by atomic mass is 9.95. The third-order valence-electron chi connectivity index (χ3n) is 3.77. The van der Waals surface area contributed by atoms with E-state index in [0.29, 0.717) is 6.04 Å². The van der Waals surface area contributed by atoms with Gasteiger partial charge >= 0.3 is 6.03 Å². The summed E-state index contributed by atoms with van der Waals surface area (Å²) in [6, 6.07) is 0.766. The fourth-order valence-corrected chi connectivity index (χ4v) is 3.37. The van der Waals surface area contributed by atoms with E-state index in [1.165, 1.54) is 25.7 Å². The van der Waals surface area contributed by atoms with E-state index in [4.69, 9.17) is 0 Å². The van der Waals surface area contributed by atoms with Gasteiger partial charge in [-0.25, -0.2) is 4.79 Å². The molecule has 1 saturated heterocycles. The van der Waals surface area contributed by atoms with Gasteiger partial charge in [-0.05, 0) is 31.9 Å². The van der Waals surface area contributed by atoms with Crippen molar-refractivity contribution in [3.8, 4) is 0 Å². The van der Waals surface area contributed by atoms with Gasteiger partial charge in [-0.2, -0.15) is 11.8 Å². The van der Waals surface area contributed by atoms with Crippen LogP contribution in [0.15, 0.2) is 0 Å². The largest absolute Gasteiger partial charge is 0.336 e. The van der Waals surface area contributed by atoms with E-state index < -0.39 is 0 Å². The van der Waals surface area contributed by atoms with Crippen molar-refractivity contribution >= 4 is 17.8 Å². The van der Waals surface area contributed by atoms with Crippen LogP contribution in [0.4, 0.5) is 4.79 Å².